The molecule has 9 nitrogen and oxygen atoms in total. The smallest absolute Gasteiger partial charge is 0.247 e. The topological polar surface area (TPSA) is 115 Å². The Bertz CT molecular complexity index is 1040. The first kappa shape index (κ1) is 17.9. The third-order valence-electron chi connectivity index (χ3n) is 4.60. The maximum Gasteiger partial charge on any atom is 0.247 e. The molecule has 0 N–H and O–H groups in total. The molecular weight excluding hydrogens is 372 g/mol. The zero-order chi connectivity index (χ0) is 19.2. The second-order valence-electron chi connectivity index (χ2n) is 6.83. The first-order valence-electron chi connectivity index (χ1n) is 8.74. The molecule has 0 aromatic carbocycles. The van der Waals surface area contributed by atoms with Crippen molar-refractivity contribution >= 4 is 10.0 Å². The fraction of sp³-hybridized carbons (Fsp3) is 0.471. The van der Waals surface area contributed by atoms with Crippen molar-refractivity contribution in [3.63, 3.8) is 0 Å². The van der Waals surface area contributed by atoms with Crippen molar-refractivity contribution in [2.24, 2.45) is 0 Å². The molecule has 1 aliphatic heterocycles. The summed E-state index contributed by atoms with van der Waals surface area (Å²) < 4.78 is 44.0. The lowest BCUT2D eigenvalue weighted by Crippen LogP contribution is -2.31. The highest BCUT2D eigenvalue weighted by atomic mass is 32.2. The van der Waals surface area contributed by atoms with Crippen molar-refractivity contribution in [1.82, 2.24) is 19.6 Å². The molecule has 0 unspecified atom stereocenters. The summed E-state index contributed by atoms with van der Waals surface area (Å²) in [5.41, 5.74) is 0. The normalized spacial score (nSPS) is 18.6. The summed E-state index contributed by atoms with van der Waals surface area (Å²) in [5, 5.41) is 7.58. The zero-order valence-corrected chi connectivity index (χ0v) is 16.1. The van der Waals surface area contributed by atoms with Gasteiger partial charge in [0.1, 0.15) is 16.7 Å². The molecule has 0 bridgehead atoms. The minimum atomic E-state index is -3.80. The highest BCUT2D eigenvalue weighted by molar-refractivity contribution is 7.89. The van der Waals surface area contributed by atoms with Gasteiger partial charge in [0.05, 0.1) is 6.20 Å². The maximum atomic E-state index is 13.3. The minimum Gasteiger partial charge on any atom is -0.457 e. The summed E-state index contributed by atoms with van der Waals surface area (Å²) in [4.78, 5) is 4.49. The van der Waals surface area contributed by atoms with E-state index in [1.165, 1.54) is 16.6 Å². The average molecular weight is 392 g/mol. The second-order valence-corrected chi connectivity index (χ2v) is 8.69. The first-order valence-corrected chi connectivity index (χ1v) is 10.2. The summed E-state index contributed by atoms with van der Waals surface area (Å²) >= 11 is 0. The van der Waals surface area contributed by atoms with Gasteiger partial charge in [-0.15, -0.1) is 0 Å². The van der Waals surface area contributed by atoms with Crippen molar-refractivity contribution in [1.29, 1.82) is 0 Å². The number of aromatic nitrogens is 3. The molecule has 27 heavy (non-hydrogen) atoms. The van der Waals surface area contributed by atoms with Gasteiger partial charge in [0.2, 0.25) is 21.7 Å². The average Bonchev–Trinajstić information content (AvgIpc) is 3.38. The molecule has 10 heteroatoms. The van der Waals surface area contributed by atoms with E-state index in [9.17, 15) is 8.42 Å². The van der Waals surface area contributed by atoms with Crippen LogP contribution in [0.4, 0.5) is 0 Å². The van der Waals surface area contributed by atoms with Crippen molar-refractivity contribution in [2.45, 2.75) is 50.5 Å². The van der Waals surface area contributed by atoms with Gasteiger partial charge in [0.25, 0.3) is 0 Å². The number of sulfonamides is 1. The molecular formula is C17H20N4O5S. The molecule has 1 aliphatic rings. The third-order valence-corrected chi connectivity index (χ3v) is 6.62. The van der Waals surface area contributed by atoms with E-state index >= 15 is 0 Å². The zero-order valence-electron chi connectivity index (χ0n) is 15.2. The van der Waals surface area contributed by atoms with Crippen LogP contribution in [0.5, 0.6) is 0 Å². The van der Waals surface area contributed by atoms with Crippen molar-refractivity contribution in [3.8, 4) is 11.5 Å². The van der Waals surface area contributed by atoms with E-state index in [1.807, 2.05) is 13.8 Å². The lowest BCUT2D eigenvalue weighted by atomic mass is 10.2. The summed E-state index contributed by atoms with van der Waals surface area (Å²) in [6.07, 6.45) is 2.82. The van der Waals surface area contributed by atoms with E-state index < -0.39 is 16.1 Å². The quantitative estimate of drug-likeness (QED) is 0.649. The third kappa shape index (κ3) is 3.08. The molecule has 0 amide bonds. The maximum absolute atomic E-state index is 13.3. The molecule has 4 heterocycles. The summed E-state index contributed by atoms with van der Waals surface area (Å²) in [7, 11) is -3.80. The van der Waals surface area contributed by atoms with Crippen LogP contribution in [0.2, 0.25) is 0 Å². The Morgan fingerprint density at radius 3 is 2.74 bits per heavy atom. The number of aryl methyl sites for hydroxylation is 1. The fourth-order valence-electron chi connectivity index (χ4n) is 3.20. The van der Waals surface area contributed by atoms with Gasteiger partial charge in [-0.25, -0.2) is 8.42 Å². The molecule has 1 saturated heterocycles. The van der Waals surface area contributed by atoms with Crippen LogP contribution in [0.15, 0.2) is 36.7 Å². The van der Waals surface area contributed by atoms with Crippen LogP contribution in [0.25, 0.3) is 11.5 Å². The largest absolute Gasteiger partial charge is 0.457 e. The van der Waals surface area contributed by atoms with Gasteiger partial charge in [0, 0.05) is 24.6 Å². The number of hydrogen-bond donors (Lipinski definition) is 0. The summed E-state index contributed by atoms with van der Waals surface area (Å²) in [6, 6.07) is 2.60. The Morgan fingerprint density at radius 2 is 2.07 bits per heavy atom. The van der Waals surface area contributed by atoms with E-state index in [1.54, 1.807) is 13.0 Å². The lowest BCUT2D eigenvalue weighted by Gasteiger charge is -2.20. The monoisotopic (exact) mass is 392 g/mol. The highest BCUT2D eigenvalue weighted by Crippen LogP contribution is 2.38. The van der Waals surface area contributed by atoms with E-state index in [4.69, 9.17) is 13.5 Å². The van der Waals surface area contributed by atoms with E-state index in [2.05, 4.69) is 15.3 Å². The molecule has 144 valence electrons. The minimum absolute atomic E-state index is 0.101. The van der Waals surface area contributed by atoms with E-state index in [-0.39, 0.29) is 10.8 Å². The Hall–Kier alpha value is -2.46. The van der Waals surface area contributed by atoms with Gasteiger partial charge in [-0.3, -0.25) is 0 Å². The van der Waals surface area contributed by atoms with Crippen LogP contribution in [-0.2, 0) is 10.0 Å². The van der Waals surface area contributed by atoms with Crippen molar-refractivity contribution in [2.75, 3.05) is 6.54 Å². The van der Waals surface area contributed by atoms with Gasteiger partial charge in [0.15, 0.2) is 11.6 Å². The Labute approximate surface area is 156 Å². The van der Waals surface area contributed by atoms with Crippen molar-refractivity contribution in [3.05, 3.63) is 35.8 Å². The highest BCUT2D eigenvalue weighted by Gasteiger charge is 2.41. The Balaban J connectivity index is 1.68. The summed E-state index contributed by atoms with van der Waals surface area (Å²) in [6.45, 7) is 5.91. The van der Waals surface area contributed by atoms with Gasteiger partial charge in [-0.1, -0.05) is 24.2 Å². The first-order chi connectivity index (χ1) is 12.9. The molecule has 3 aromatic heterocycles. The predicted octanol–water partition coefficient (Wildman–Crippen LogP) is 3.28. The fourth-order valence-corrected chi connectivity index (χ4v) is 5.02. The molecule has 1 atom stereocenters. The van der Waals surface area contributed by atoms with Crippen LogP contribution in [0.1, 0.15) is 56.1 Å². The Morgan fingerprint density at radius 1 is 1.26 bits per heavy atom. The number of hydrogen-bond acceptors (Lipinski definition) is 8. The van der Waals surface area contributed by atoms with Crippen LogP contribution >= 0.6 is 0 Å². The van der Waals surface area contributed by atoms with Crippen LogP contribution in [-0.4, -0.2) is 34.6 Å². The van der Waals surface area contributed by atoms with Crippen LogP contribution < -0.4 is 0 Å². The molecule has 3 aromatic rings. The van der Waals surface area contributed by atoms with Gasteiger partial charge >= 0.3 is 0 Å². The predicted molar refractivity (Wildman–Crippen MR) is 93.2 cm³/mol. The molecule has 0 spiro atoms. The number of nitrogens with zero attached hydrogens (tertiary/aromatic N) is 4. The van der Waals surface area contributed by atoms with Crippen LogP contribution in [0, 0.1) is 6.92 Å². The van der Waals surface area contributed by atoms with Crippen LogP contribution in [0.3, 0.4) is 0 Å². The standard InChI is InChI=1S/C17H20N4O5S/c1-10(2)16-19-17(26-20-16)12-5-4-8-21(12)27(22,23)15-9-14(24-11(15)3)13-6-7-18-25-13/h6-7,9-10,12H,4-5,8H2,1-3H3/t12-/m0/s1. The lowest BCUT2D eigenvalue weighted by molar-refractivity contribution is 0.288. The molecule has 1 fully saturated rings. The van der Waals surface area contributed by atoms with E-state index in [0.29, 0.717) is 42.0 Å². The van der Waals surface area contributed by atoms with E-state index in [0.717, 1.165) is 6.42 Å². The Kier molecular flexibility index (Phi) is 4.39. The SMILES string of the molecule is Cc1oc(-c2ccno2)cc1S(=O)(=O)N1CCC[C@H]1c1nc(C(C)C)no1. The number of furan rings is 1. The van der Waals surface area contributed by atoms with Gasteiger partial charge in [-0.05, 0) is 19.8 Å². The molecule has 4 rings (SSSR count). The van der Waals surface area contributed by atoms with Crippen molar-refractivity contribution < 1.29 is 21.9 Å². The molecule has 0 saturated carbocycles. The van der Waals surface area contributed by atoms with Gasteiger partial charge in [-0.2, -0.15) is 9.29 Å². The van der Waals surface area contributed by atoms with Gasteiger partial charge < -0.3 is 13.5 Å². The second kappa shape index (κ2) is 6.61. The summed E-state index contributed by atoms with van der Waals surface area (Å²) in [5.74, 6) is 1.99. The molecule has 0 radical (unpaired) electrons. The molecule has 0 aliphatic carbocycles. The number of rotatable bonds is 5.